The van der Waals surface area contributed by atoms with Crippen LogP contribution in [0.15, 0.2) is 53.6 Å². The van der Waals surface area contributed by atoms with Crippen LogP contribution in [0.3, 0.4) is 0 Å². The minimum Gasteiger partial charge on any atom is -0.310 e. The molecule has 0 aliphatic heterocycles. The Kier molecular flexibility index (Phi) is 4.90. The number of aryl methyl sites for hydroxylation is 1. The molecule has 0 aliphatic rings. The Morgan fingerprint density at radius 2 is 2.08 bits per heavy atom. The third-order valence-electron chi connectivity index (χ3n) is 3.74. The van der Waals surface area contributed by atoms with Gasteiger partial charge in [0.25, 0.3) is 11.5 Å². The van der Waals surface area contributed by atoms with Gasteiger partial charge in [-0.2, -0.15) is 0 Å². The summed E-state index contributed by atoms with van der Waals surface area (Å²) in [5, 5.41) is 13.1. The Morgan fingerprint density at radius 3 is 2.77 bits per heavy atom. The standard InChI is InChI=1S/C17H14N4O4S/c1-11-4-2-3-5-12(11)9-20-10-13(6-7-14(20)22)16(23)19-17-18-8-15(26-17)21(24)25/h2-8,10H,9H2,1H3,(H,18,19,23). The van der Waals surface area contributed by atoms with Crippen molar-refractivity contribution in [3.05, 3.63) is 86.0 Å². The van der Waals surface area contributed by atoms with Gasteiger partial charge in [-0.15, -0.1) is 0 Å². The van der Waals surface area contributed by atoms with Gasteiger partial charge in [0, 0.05) is 12.3 Å². The van der Waals surface area contributed by atoms with E-state index in [1.807, 2.05) is 31.2 Å². The van der Waals surface area contributed by atoms with Crippen LogP contribution < -0.4 is 10.9 Å². The van der Waals surface area contributed by atoms with Crippen LogP contribution in [0.4, 0.5) is 10.1 Å². The largest absolute Gasteiger partial charge is 0.345 e. The van der Waals surface area contributed by atoms with E-state index in [4.69, 9.17) is 0 Å². The molecule has 3 aromatic rings. The summed E-state index contributed by atoms with van der Waals surface area (Å²) in [4.78, 5) is 38.3. The van der Waals surface area contributed by atoms with Crippen molar-refractivity contribution in [2.45, 2.75) is 13.5 Å². The number of carbonyl (C=O) groups is 1. The Bertz CT molecular complexity index is 1040. The zero-order valence-electron chi connectivity index (χ0n) is 13.7. The maximum absolute atomic E-state index is 12.3. The van der Waals surface area contributed by atoms with E-state index >= 15 is 0 Å². The molecule has 2 aromatic heterocycles. The van der Waals surface area contributed by atoms with E-state index in [1.165, 1.54) is 22.9 Å². The van der Waals surface area contributed by atoms with Crippen molar-refractivity contribution in [2.75, 3.05) is 5.32 Å². The molecule has 0 fully saturated rings. The lowest BCUT2D eigenvalue weighted by molar-refractivity contribution is -0.380. The average Bonchev–Trinajstić information content (AvgIpc) is 3.07. The number of thiazole rings is 1. The van der Waals surface area contributed by atoms with Crippen molar-refractivity contribution < 1.29 is 9.72 Å². The van der Waals surface area contributed by atoms with Crippen LogP contribution in [0, 0.1) is 17.0 Å². The summed E-state index contributed by atoms with van der Waals surface area (Å²) < 4.78 is 1.45. The van der Waals surface area contributed by atoms with Crippen LogP contribution in [0.1, 0.15) is 21.5 Å². The van der Waals surface area contributed by atoms with Gasteiger partial charge in [-0.05, 0) is 35.5 Å². The van der Waals surface area contributed by atoms with Crippen LogP contribution in [0.25, 0.3) is 0 Å². The number of nitrogens with zero attached hydrogens (tertiary/aromatic N) is 3. The Hall–Kier alpha value is -3.33. The van der Waals surface area contributed by atoms with Gasteiger partial charge in [-0.25, -0.2) is 4.98 Å². The number of hydrogen-bond donors (Lipinski definition) is 1. The molecule has 0 saturated heterocycles. The highest BCUT2D eigenvalue weighted by Gasteiger charge is 2.15. The zero-order valence-corrected chi connectivity index (χ0v) is 14.5. The summed E-state index contributed by atoms with van der Waals surface area (Å²) in [6, 6.07) is 10.4. The molecule has 8 nitrogen and oxygen atoms in total. The maximum Gasteiger partial charge on any atom is 0.345 e. The van der Waals surface area contributed by atoms with Gasteiger partial charge in [0.1, 0.15) is 6.20 Å². The molecule has 1 aromatic carbocycles. The molecule has 9 heteroatoms. The summed E-state index contributed by atoms with van der Waals surface area (Å²) in [6.07, 6.45) is 2.55. The minimum absolute atomic E-state index is 0.123. The molecular formula is C17H14N4O4S. The normalized spacial score (nSPS) is 10.5. The van der Waals surface area contributed by atoms with E-state index in [0.29, 0.717) is 6.54 Å². The summed E-state index contributed by atoms with van der Waals surface area (Å²) in [5.41, 5.74) is 2.05. The number of carbonyl (C=O) groups excluding carboxylic acids is 1. The summed E-state index contributed by atoms with van der Waals surface area (Å²) in [5.74, 6) is -0.493. The van der Waals surface area contributed by atoms with Crippen molar-refractivity contribution >= 4 is 27.4 Å². The first kappa shape index (κ1) is 17.5. The number of benzene rings is 1. The predicted molar refractivity (Wildman–Crippen MR) is 97.7 cm³/mol. The number of pyridine rings is 1. The Labute approximate surface area is 151 Å². The molecule has 26 heavy (non-hydrogen) atoms. The highest BCUT2D eigenvalue weighted by molar-refractivity contribution is 7.18. The molecule has 3 rings (SSSR count). The van der Waals surface area contributed by atoms with Gasteiger partial charge in [0.15, 0.2) is 5.13 Å². The maximum atomic E-state index is 12.3. The number of rotatable bonds is 5. The molecule has 1 N–H and O–H groups in total. The van der Waals surface area contributed by atoms with Crippen molar-refractivity contribution in [1.29, 1.82) is 0 Å². The number of hydrogen-bond acceptors (Lipinski definition) is 6. The van der Waals surface area contributed by atoms with E-state index in [-0.39, 0.29) is 21.3 Å². The number of aromatic nitrogens is 2. The van der Waals surface area contributed by atoms with Crippen molar-refractivity contribution in [1.82, 2.24) is 9.55 Å². The first-order valence-electron chi connectivity index (χ1n) is 7.60. The van der Waals surface area contributed by atoms with Crippen molar-refractivity contribution in [2.24, 2.45) is 0 Å². The first-order chi connectivity index (χ1) is 12.4. The van der Waals surface area contributed by atoms with Gasteiger partial charge in [0.05, 0.1) is 17.0 Å². The summed E-state index contributed by atoms with van der Waals surface area (Å²) in [7, 11) is 0. The molecule has 0 saturated carbocycles. The average molecular weight is 370 g/mol. The monoisotopic (exact) mass is 370 g/mol. The lowest BCUT2D eigenvalue weighted by atomic mass is 10.1. The summed E-state index contributed by atoms with van der Waals surface area (Å²) >= 11 is 0.765. The molecule has 2 heterocycles. The molecule has 0 spiro atoms. The number of nitro groups is 1. The fourth-order valence-electron chi connectivity index (χ4n) is 2.34. The van der Waals surface area contributed by atoms with Crippen LogP contribution >= 0.6 is 11.3 Å². The van der Waals surface area contributed by atoms with Crippen LogP contribution in [-0.4, -0.2) is 20.4 Å². The van der Waals surface area contributed by atoms with Gasteiger partial charge < -0.3 is 4.57 Å². The highest BCUT2D eigenvalue weighted by Crippen LogP contribution is 2.25. The molecular weight excluding hydrogens is 356 g/mol. The molecule has 1 amide bonds. The second-order valence-electron chi connectivity index (χ2n) is 5.53. The van der Waals surface area contributed by atoms with Gasteiger partial charge in [0.2, 0.25) is 0 Å². The first-order valence-corrected chi connectivity index (χ1v) is 8.42. The second kappa shape index (κ2) is 7.28. The molecule has 0 atom stereocenters. The van der Waals surface area contributed by atoms with Gasteiger partial charge in [-0.3, -0.25) is 25.0 Å². The lowest BCUT2D eigenvalue weighted by Crippen LogP contribution is -2.22. The van der Waals surface area contributed by atoms with Crippen LogP contribution in [0.5, 0.6) is 0 Å². The van der Waals surface area contributed by atoms with E-state index in [9.17, 15) is 19.7 Å². The zero-order chi connectivity index (χ0) is 18.7. The third-order valence-corrected chi connectivity index (χ3v) is 4.61. The van der Waals surface area contributed by atoms with E-state index in [0.717, 1.165) is 28.7 Å². The Morgan fingerprint density at radius 1 is 1.31 bits per heavy atom. The number of nitrogens with one attached hydrogen (secondary N) is 1. The van der Waals surface area contributed by atoms with E-state index < -0.39 is 10.8 Å². The third kappa shape index (κ3) is 3.83. The highest BCUT2D eigenvalue weighted by atomic mass is 32.1. The van der Waals surface area contributed by atoms with Crippen LogP contribution in [-0.2, 0) is 6.54 Å². The second-order valence-corrected chi connectivity index (χ2v) is 6.53. The fourth-order valence-corrected chi connectivity index (χ4v) is 2.96. The number of anilines is 1. The quantitative estimate of drug-likeness (QED) is 0.549. The smallest absolute Gasteiger partial charge is 0.310 e. The summed E-state index contributed by atoms with van der Waals surface area (Å²) in [6.45, 7) is 2.29. The van der Waals surface area contributed by atoms with E-state index in [1.54, 1.807) is 0 Å². The molecule has 0 aliphatic carbocycles. The molecule has 0 unspecified atom stereocenters. The topological polar surface area (TPSA) is 107 Å². The van der Waals surface area contributed by atoms with Crippen molar-refractivity contribution in [3.8, 4) is 0 Å². The van der Waals surface area contributed by atoms with Crippen molar-refractivity contribution in [3.63, 3.8) is 0 Å². The Balaban J connectivity index is 1.82. The van der Waals surface area contributed by atoms with Gasteiger partial charge >= 0.3 is 5.00 Å². The van der Waals surface area contributed by atoms with Gasteiger partial charge in [-0.1, -0.05) is 24.3 Å². The molecule has 0 radical (unpaired) electrons. The SMILES string of the molecule is Cc1ccccc1Cn1cc(C(=O)Nc2ncc([N+](=O)[O-])s2)ccc1=O. The fraction of sp³-hybridized carbons (Fsp3) is 0.118. The lowest BCUT2D eigenvalue weighted by Gasteiger charge is -2.10. The van der Waals surface area contributed by atoms with E-state index in [2.05, 4.69) is 10.3 Å². The molecule has 132 valence electrons. The minimum atomic E-state index is -0.574. The number of amides is 1. The predicted octanol–water partition coefficient (Wildman–Crippen LogP) is 2.82. The molecule has 0 bridgehead atoms. The van der Waals surface area contributed by atoms with Crippen LogP contribution in [0.2, 0.25) is 0 Å².